The van der Waals surface area contributed by atoms with Crippen LogP contribution in [0.5, 0.6) is 0 Å². The molecule has 4 N–H and O–H groups in total. The van der Waals surface area contributed by atoms with Crippen molar-refractivity contribution in [3.05, 3.63) is 42.2 Å². The highest BCUT2D eigenvalue weighted by molar-refractivity contribution is 5.95. The Morgan fingerprint density at radius 1 is 1.24 bits per heavy atom. The fourth-order valence-electron chi connectivity index (χ4n) is 2.41. The van der Waals surface area contributed by atoms with Gasteiger partial charge in [-0.1, -0.05) is 12.1 Å². The van der Waals surface area contributed by atoms with Crippen molar-refractivity contribution in [1.29, 1.82) is 0 Å². The predicted molar refractivity (Wildman–Crippen MR) is 81.1 cm³/mol. The van der Waals surface area contributed by atoms with E-state index in [4.69, 9.17) is 5.73 Å². The van der Waals surface area contributed by atoms with E-state index in [0.717, 1.165) is 0 Å². The molecule has 2 amide bonds. The summed E-state index contributed by atoms with van der Waals surface area (Å²) >= 11 is 0. The van der Waals surface area contributed by atoms with E-state index >= 15 is 0 Å². The number of tetrazole rings is 1. The van der Waals surface area contributed by atoms with Crippen LogP contribution in [0.25, 0.3) is 22.5 Å². The highest BCUT2D eigenvalue weighted by Crippen LogP contribution is 2.45. The second kappa shape index (κ2) is 6.19. The van der Waals surface area contributed by atoms with Gasteiger partial charge in [-0.05, 0) is 28.1 Å². The number of hydrogen-bond acceptors (Lipinski definition) is 5. The van der Waals surface area contributed by atoms with Gasteiger partial charge in [-0.15, -0.1) is 5.10 Å². The number of pyridine rings is 1. The standard InChI is InChI=1S/C14H10F3N7O/c15-14(16,17)11-8(7-2-1-5-19-6-7)3-4-9(20-13(18)25)10(11)12-21-23-24-22-12/h1-6H,(H3,18,20,25)(H,21,22,23,24). The highest BCUT2D eigenvalue weighted by Gasteiger charge is 2.39. The SMILES string of the molecule is NC(=O)Nc1ccc(-c2cccnc2)c(C(F)(F)F)c1-c1nnn[nH]1. The van der Waals surface area contributed by atoms with Crippen LogP contribution in [0.3, 0.4) is 0 Å². The van der Waals surface area contributed by atoms with Crippen molar-refractivity contribution in [1.82, 2.24) is 25.6 Å². The van der Waals surface area contributed by atoms with Crippen LogP contribution in [-0.4, -0.2) is 31.6 Å². The average Bonchev–Trinajstić information content (AvgIpc) is 3.08. The van der Waals surface area contributed by atoms with Crippen molar-refractivity contribution in [3.8, 4) is 22.5 Å². The van der Waals surface area contributed by atoms with Crippen molar-refractivity contribution < 1.29 is 18.0 Å². The lowest BCUT2D eigenvalue weighted by Crippen LogP contribution is -2.21. The van der Waals surface area contributed by atoms with E-state index in [-0.39, 0.29) is 22.6 Å². The third-order valence-corrected chi connectivity index (χ3v) is 3.30. The number of H-pyrrole nitrogens is 1. The second-order valence-corrected chi connectivity index (χ2v) is 4.89. The molecule has 25 heavy (non-hydrogen) atoms. The minimum atomic E-state index is -4.76. The van der Waals surface area contributed by atoms with Crippen LogP contribution in [0.15, 0.2) is 36.7 Å². The number of halogens is 3. The van der Waals surface area contributed by atoms with Gasteiger partial charge in [-0.2, -0.15) is 13.2 Å². The van der Waals surface area contributed by atoms with Crippen molar-refractivity contribution in [2.24, 2.45) is 5.73 Å². The Balaban J connectivity index is 2.36. The Kier molecular flexibility index (Phi) is 4.05. The first-order chi connectivity index (χ1) is 11.9. The lowest BCUT2D eigenvalue weighted by molar-refractivity contribution is -0.136. The van der Waals surface area contributed by atoms with Crippen molar-refractivity contribution in [2.75, 3.05) is 5.32 Å². The third-order valence-electron chi connectivity index (χ3n) is 3.30. The number of benzene rings is 1. The molecule has 0 unspecified atom stereocenters. The fourth-order valence-corrected chi connectivity index (χ4v) is 2.41. The maximum Gasteiger partial charge on any atom is 0.417 e. The monoisotopic (exact) mass is 349 g/mol. The summed E-state index contributed by atoms with van der Waals surface area (Å²) in [5.41, 5.74) is 3.54. The minimum Gasteiger partial charge on any atom is -0.351 e. The molecule has 0 atom stereocenters. The summed E-state index contributed by atoms with van der Waals surface area (Å²) in [5.74, 6) is -0.262. The number of nitrogens with two attached hydrogens (primary N) is 1. The van der Waals surface area contributed by atoms with Crippen LogP contribution in [-0.2, 0) is 6.18 Å². The molecular formula is C14H10F3N7O. The molecule has 0 saturated heterocycles. The molecule has 3 rings (SSSR count). The zero-order chi connectivity index (χ0) is 18.0. The Morgan fingerprint density at radius 3 is 2.60 bits per heavy atom. The van der Waals surface area contributed by atoms with Crippen LogP contribution in [0.1, 0.15) is 5.56 Å². The van der Waals surface area contributed by atoms with E-state index in [1.54, 1.807) is 0 Å². The Bertz CT molecular complexity index is 895. The summed E-state index contributed by atoms with van der Waals surface area (Å²) in [5, 5.41) is 14.6. The molecule has 3 aromatic rings. The van der Waals surface area contributed by atoms with E-state index < -0.39 is 23.3 Å². The van der Waals surface area contributed by atoms with Gasteiger partial charge in [0.05, 0.1) is 16.8 Å². The first-order valence-electron chi connectivity index (χ1n) is 6.83. The Morgan fingerprint density at radius 2 is 2.04 bits per heavy atom. The fraction of sp³-hybridized carbons (Fsp3) is 0.0714. The van der Waals surface area contributed by atoms with Gasteiger partial charge in [-0.3, -0.25) is 4.98 Å². The van der Waals surface area contributed by atoms with E-state index in [1.165, 1.54) is 36.7 Å². The summed E-state index contributed by atoms with van der Waals surface area (Å²) in [6.45, 7) is 0. The summed E-state index contributed by atoms with van der Waals surface area (Å²) in [7, 11) is 0. The number of nitrogens with one attached hydrogen (secondary N) is 2. The van der Waals surface area contributed by atoms with Gasteiger partial charge in [-0.25, -0.2) is 9.89 Å². The van der Waals surface area contributed by atoms with Crippen LogP contribution in [0.2, 0.25) is 0 Å². The normalized spacial score (nSPS) is 11.3. The summed E-state index contributed by atoms with van der Waals surface area (Å²) < 4.78 is 41.6. The molecule has 128 valence electrons. The number of primary amides is 1. The number of aromatic nitrogens is 5. The number of carbonyl (C=O) groups excluding carboxylic acids is 1. The number of aromatic amines is 1. The summed E-state index contributed by atoms with van der Waals surface area (Å²) in [6, 6.07) is 4.50. The van der Waals surface area contributed by atoms with Gasteiger partial charge in [0, 0.05) is 18.0 Å². The molecule has 0 saturated carbocycles. The summed E-state index contributed by atoms with van der Waals surface area (Å²) in [4.78, 5) is 15.0. The molecule has 2 heterocycles. The van der Waals surface area contributed by atoms with Gasteiger partial charge < -0.3 is 11.1 Å². The maximum absolute atomic E-state index is 13.9. The maximum atomic E-state index is 13.9. The quantitative estimate of drug-likeness (QED) is 0.670. The highest BCUT2D eigenvalue weighted by atomic mass is 19.4. The van der Waals surface area contributed by atoms with Gasteiger partial charge >= 0.3 is 12.2 Å². The molecule has 0 fully saturated rings. The number of urea groups is 1. The summed E-state index contributed by atoms with van der Waals surface area (Å²) in [6.07, 6.45) is -2.02. The number of alkyl halides is 3. The molecule has 0 bridgehead atoms. The lowest BCUT2D eigenvalue weighted by Gasteiger charge is -2.19. The minimum absolute atomic E-state index is 0.137. The number of amides is 2. The molecule has 0 aliphatic rings. The van der Waals surface area contributed by atoms with E-state index in [1.807, 2.05) is 0 Å². The van der Waals surface area contributed by atoms with Crippen LogP contribution < -0.4 is 11.1 Å². The first-order valence-corrected chi connectivity index (χ1v) is 6.83. The third kappa shape index (κ3) is 3.24. The number of carbonyl (C=O) groups is 1. The van der Waals surface area contributed by atoms with Gasteiger partial charge in [0.1, 0.15) is 0 Å². The van der Waals surface area contributed by atoms with Gasteiger partial charge in [0.15, 0.2) is 5.82 Å². The van der Waals surface area contributed by atoms with Crippen LogP contribution >= 0.6 is 0 Å². The lowest BCUT2D eigenvalue weighted by atomic mass is 9.94. The average molecular weight is 349 g/mol. The Labute approximate surface area is 138 Å². The zero-order valence-corrected chi connectivity index (χ0v) is 12.4. The van der Waals surface area contributed by atoms with Crippen LogP contribution in [0.4, 0.5) is 23.7 Å². The predicted octanol–water partition coefficient (Wildman–Crippen LogP) is 2.44. The first kappa shape index (κ1) is 16.4. The molecule has 0 radical (unpaired) electrons. The van der Waals surface area contributed by atoms with Crippen LogP contribution in [0, 0.1) is 0 Å². The molecule has 0 aliphatic heterocycles. The molecular weight excluding hydrogens is 339 g/mol. The van der Waals surface area contributed by atoms with E-state index in [0.29, 0.717) is 0 Å². The van der Waals surface area contributed by atoms with E-state index in [9.17, 15) is 18.0 Å². The molecule has 0 aliphatic carbocycles. The number of anilines is 1. The number of nitrogens with zero attached hydrogens (tertiary/aromatic N) is 4. The molecule has 11 heteroatoms. The molecule has 1 aromatic carbocycles. The molecule has 0 spiro atoms. The van der Waals surface area contributed by atoms with Crippen molar-refractivity contribution in [3.63, 3.8) is 0 Å². The topological polar surface area (TPSA) is 122 Å². The van der Waals surface area contributed by atoms with Crippen molar-refractivity contribution in [2.45, 2.75) is 6.18 Å². The number of rotatable bonds is 3. The zero-order valence-electron chi connectivity index (χ0n) is 12.4. The second-order valence-electron chi connectivity index (χ2n) is 4.89. The number of hydrogen-bond donors (Lipinski definition) is 3. The molecule has 8 nitrogen and oxygen atoms in total. The Hall–Kier alpha value is -3.50. The van der Waals surface area contributed by atoms with Gasteiger partial charge in [0.25, 0.3) is 0 Å². The van der Waals surface area contributed by atoms with Gasteiger partial charge in [0.2, 0.25) is 0 Å². The largest absolute Gasteiger partial charge is 0.417 e. The molecule has 2 aromatic heterocycles. The van der Waals surface area contributed by atoms with E-state index in [2.05, 4.69) is 30.9 Å². The smallest absolute Gasteiger partial charge is 0.351 e. The van der Waals surface area contributed by atoms with Crippen molar-refractivity contribution >= 4 is 11.7 Å².